The molecule has 1 N–H and O–H groups in total. The van der Waals surface area contributed by atoms with Crippen LogP contribution < -0.4 is 5.43 Å². The molecule has 0 unspecified atom stereocenters. The number of nitrogens with one attached hydrogen (secondary N) is 1. The van der Waals surface area contributed by atoms with Crippen LogP contribution in [0.25, 0.3) is 0 Å². The quantitative estimate of drug-likeness (QED) is 0.590. The maximum absolute atomic E-state index is 11.4. The van der Waals surface area contributed by atoms with E-state index in [0.717, 1.165) is 0 Å². The number of rotatable bonds is 3. The summed E-state index contributed by atoms with van der Waals surface area (Å²) in [7, 11) is 3.37. The minimum Gasteiger partial charge on any atom is -0.285 e. The molecule has 0 aliphatic carbocycles. The predicted molar refractivity (Wildman–Crippen MR) is 54.2 cm³/mol. The highest BCUT2D eigenvalue weighted by atomic mass is 16.6. The molecule has 80 valence electrons. The lowest BCUT2D eigenvalue weighted by molar-refractivity contribution is -0.384. The van der Waals surface area contributed by atoms with Crippen LogP contribution in [0.15, 0.2) is 24.3 Å². The van der Waals surface area contributed by atoms with Gasteiger partial charge >= 0.3 is 0 Å². The maximum Gasteiger partial charge on any atom is 0.269 e. The van der Waals surface area contributed by atoms with Crippen LogP contribution >= 0.6 is 0 Å². The van der Waals surface area contributed by atoms with Crippen LogP contribution in [0.5, 0.6) is 0 Å². The molecule has 1 rings (SSSR count). The summed E-state index contributed by atoms with van der Waals surface area (Å²) in [5.41, 5.74) is 2.88. The van der Waals surface area contributed by atoms with Crippen molar-refractivity contribution in [3.63, 3.8) is 0 Å². The van der Waals surface area contributed by atoms with Crippen molar-refractivity contribution in [3.05, 3.63) is 39.9 Å². The van der Waals surface area contributed by atoms with Crippen molar-refractivity contribution in [3.8, 4) is 0 Å². The van der Waals surface area contributed by atoms with Gasteiger partial charge in [-0.05, 0) is 12.1 Å². The Labute approximate surface area is 86.6 Å². The van der Waals surface area contributed by atoms with Crippen molar-refractivity contribution >= 4 is 11.6 Å². The van der Waals surface area contributed by atoms with Gasteiger partial charge in [-0.3, -0.25) is 20.3 Å². The number of hydrogen-bond acceptors (Lipinski definition) is 4. The lowest BCUT2D eigenvalue weighted by Gasteiger charge is -2.11. The molecular formula is C9H11N3O3. The zero-order chi connectivity index (χ0) is 11.4. The van der Waals surface area contributed by atoms with Crippen LogP contribution in [0.1, 0.15) is 10.4 Å². The molecule has 15 heavy (non-hydrogen) atoms. The second kappa shape index (κ2) is 4.52. The number of amides is 1. The van der Waals surface area contributed by atoms with Gasteiger partial charge < -0.3 is 0 Å². The fraction of sp³-hybridized carbons (Fsp3) is 0.222. The number of nitrogens with zero attached hydrogens (tertiary/aromatic N) is 2. The summed E-state index contributed by atoms with van der Waals surface area (Å²) in [6.45, 7) is 0. The molecule has 0 radical (unpaired) electrons. The lowest BCUT2D eigenvalue weighted by Crippen LogP contribution is -2.36. The lowest BCUT2D eigenvalue weighted by atomic mass is 10.2. The molecule has 1 aromatic rings. The first kappa shape index (κ1) is 11.1. The number of carbonyl (C=O) groups is 1. The fourth-order valence-electron chi connectivity index (χ4n) is 1.00. The Morgan fingerprint density at radius 1 is 1.33 bits per heavy atom. The summed E-state index contributed by atoms with van der Waals surface area (Å²) in [5.74, 6) is -0.296. The van der Waals surface area contributed by atoms with Gasteiger partial charge in [0.25, 0.3) is 11.6 Å². The second-order valence-electron chi connectivity index (χ2n) is 3.14. The minimum absolute atomic E-state index is 0.0311. The SMILES string of the molecule is CN(C)NC(=O)c1ccc([N+](=O)[O-])cc1. The second-order valence-corrected chi connectivity index (χ2v) is 3.14. The molecular weight excluding hydrogens is 198 g/mol. The van der Waals surface area contributed by atoms with Crippen molar-refractivity contribution in [2.24, 2.45) is 0 Å². The highest BCUT2D eigenvalue weighted by Gasteiger charge is 2.09. The van der Waals surface area contributed by atoms with Crippen molar-refractivity contribution in [1.29, 1.82) is 0 Å². The normalized spacial score (nSPS) is 10.1. The molecule has 0 heterocycles. The van der Waals surface area contributed by atoms with Gasteiger partial charge in [0.1, 0.15) is 0 Å². The molecule has 1 aromatic carbocycles. The zero-order valence-corrected chi connectivity index (χ0v) is 8.43. The largest absolute Gasteiger partial charge is 0.285 e. The number of benzene rings is 1. The van der Waals surface area contributed by atoms with E-state index in [2.05, 4.69) is 5.43 Å². The molecule has 1 amide bonds. The van der Waals surface area contributed by atoms with Crippen molar-refractivity contribution in [2.45, 2.75) is 0 Å². The van der Waals surface area contributed by atoms with E-state index in [9.17, 15) is 14.9 Å². The van der Waals surface area contributed by atoms with E-state index in [1.807, 2.05) is 0 Å². The van der Waals surface area contributed by atoms with E-state index >= 15 is 0 Å². The van der Waals surface area contributed by atoms with Gasteiger partial charge in [0, 0.05) is 31.8 Å². The van der Waals surface area contributed by atoms with Gasteiger partial charge in [-0.1, -0.05) is 0 Å². The van der Waals surface area contributed by atoms with Crippen LogP contribution in [-0.2, 0) is 0 Å². The van der Waals surface area contributed by atoms with Crippen LogP contribution in [-0.4, -0.2) is 29.9 Å². The highest BCUT2D eigenvalue weighted by Crippen LogP contribution is 2.11. The fourth-order valence-corrected chi connectivity index (χ4v) is 1.00. The number of carbonyl (C=O) groups excluding carboxylic acids is 1. The average Bonchev–Trinajstić information content (AvgIpc) is 2.17. The van der Waals surface area contributed by atoms with Crippen molar-refractivity contribution in [1.82, 2.24) is 10.4 Å². The van der Waals surface area contributed by atoms with E-state index < -0.39 is 4.92 Å². The first-order chi connectivity index (χ1) is 7.00. The van der Waals surface area contributed by atoms with E-state index in [4.69, 9.17) is 0 Å². The molecule has 0 aliphatic rings. The molecule has 6 heteroatoms. The van der Waals surface area contributed by atoms with E-state index in [1.165, 1.54) is 29.3 Å². The first-order valence-electron chi connectivity index (χ1n) is 4.23. The Hall–Kier alpha value is -1.95. The van der Waals surface area contributed by atoms with Crippen LogP contribution in [0.4, 0.5) is 5.69 Å². The number of non-ortho nitro benzene ring substituents is 1. The standard InChI is InChI=1S/C9H11N3O3/c1-11(2)10-9(13)7-3-5-8(6-4-7)12(14)15/h3-6H,1-2H3,(H,10,13). The van der Waals surface area contributed by atoms with Gasteiger partial charge in [-0.2, -0.15) is 0 Å². The molecule has 6 nitrogen and oxygen atoms in total. The summed E-state index contributed by atoms with van der Waals surface area (Å²) >= 11 is 0. The molecule has 0 atom stereocenters. The van der Waals surface area contributed by atoms with Crippen LogP contribution in [0, 0.1) is 10.1 Å². The van der Waals surface area contributed by atoms with E-state index in [-0.39, 0.29) is 11.6 Å². The molecule has 0 fully saturated rings. The van der Waals surface area contributed by atoms with Gasteiger partial charge in [0.15, 0.2) is 0 Å². The number of hydrazine groups is 1. The average molecular weight is 209 g/mol. The molecule has 0 aromatic heterocycles. The number of nitro groups is 1. The maximum atomic E-state index is 11.4. The Morgan fingerprint density at radius 3 is 2.27 bits per heavy atom. The Morgan fingerprint density at radius 2 is 1.87 bits per heavy atom. The third-order valence-corrected chi connectivity index (χ3v) is 1.67. The third kappa shape index (κ3) is 3.03. The Bertz CT molecular complexity index is 373. The molecule has 0 saturated heterocycles. The van der Waals surface area contributed by atoms with Crippen LogP contribution in [0.2, 0.25) is 0 Å². The first-order valence-corrected chi connectivity index (χ1v) is 4.23. The van der Waals surface area contributed by atoms with Gasteiger partial charge in [0.2, 0.25) is 0 Å². The van der Waals surface area contributed by atoms with E-state index in [0.29, 0.717) is 5.56 Å². The molecule has 0 bridgehead atoms. The number of nitro benzene ring substituents is 1. The zero-order valence-electron chi connectivity index (χ0n) is 8.43. The van der Waals surface area contributed by atoms with Gasteiger partial charge in [-0.15, -0.1) is 0 Å². The third-order valence-electron chi connectivity index (χ3n) is 1.67. The summed E-state index contributed by atoms with van der Waals surface area (Å²) < 4.78 is 0. The smallest absolute Gasteiger partial charge is 0.269 e. The minimum atomic E-state index is -0.506. The Kier molecular flexibility index (Phi) is 3.35. The monoisotopic (exact) mass is 209 g/mol. The summed E-state index contributed by atoms with van der Waals surface area (Å²) in [4.78, 5) is 21.3. The van der Waals surface area contributed by atoms with Gasteiger partial charge in [0.05, 0.1) is 4.92 Å². The highest BCUT2D eigenvalue weighted by molar-refractivity contribution is 5.93. The topological polar surface area (TPSA) is 75.5 Å². The Balaban J connectivity index is 2.80. The van der Waals surface area contributed by atoms with Gasteiger partial charge in [-0.25, -0.2) is 5.01 Å². The molecule has 0 saturated carbocycles. The number of hydrogen-bond donors (Lipinski definition) is 1. The van der Waals surface area contributed by atoms with Crippen molar-refractivity contribution < 1.29 is 9.72 Å². The predicted octanol–water partition coefficient (Wildman–Crippen LogP) is 0.801. The van der Waals surface area contributed by atoms with Crippen molar-refractivity contribution in [2.75, 3.05) is 14.1 Å². The summed E-state index contributed by atoms with van der Waals surface area (Å²) in [6.07, 6.45) is 0. The molecule has 0 aliphatic heterocycles. The van der Waals surface area contributed by atoms with Crippen LogP contribution in [0.3, 0.4) is 0 Å². The van der Waals surface area contributed by atoms with E-state index in [1.54, 1.807) is 14.1 Å². The summed E-state index contributed by atoms with van der Waals surface area (Å²) in [6, 6.07) is 5.42. The molecule has 0 spiro atoms. The summed E-state index contributed by atoms with van der Waals surface area (Å²) in [5, 5.41) is 11.9.